The van der Waals surface area contributed by atoms with Crippen LogP contribution in [0, 0.1) is 0 Å². The van der Waals surface area contributed by atoms with Gasteiger partial charge < -0.3 is 14.0 Å². The smallest absolute Gasteiger partial charge is 0.219 e. The summed E-state index contributed by atoms with van der Waals surface area (Å²) in [5.74, 6) is 0. The van der Waals surface area contributed by atoms with Gasteiger partial charge in [0.1, 0.15) is 4.57 Å². The molecule has 2 aliphatic rings. The van der Waals surface area contributed by atoms with E-state index in [0.29, 0.717) is 12.8 Å². The summed E-state index contributed by atoms with van der Waals surface area (Å²) >= 11 is 3.49. The van der Waals surface area contributed by atoms with Crippen molar-refractivity contribution in [2.45, 2.75) is 49.6 Å². The van der Waals surface area contributed by atoms with Gasteiger partial charge in [-0.1, -0.05) is 15.9 Å². The van der Waals surface area contributed by atoms with Crippen molar-refractivity contribution in [3.8, 4) is 0 Å². The Labute approximate surface area is 111 Å². The molecule has 4 atom stereocenters. The Kier molecular flexibility index (Phi) is 5.07. The second-order valence-electron chi connectivity index (χ2n) is 4.50. The van der Waals surface area contributed by atoms with Crippen LogP contribution in [-0.4, -0.2) is 36.3 Å². The maximum atomic E-state index is 12.4. The second-order valence-corrected chi connectivity index (χ2v) is 8.91. The fourth-order valence-corrected chi connectivity index (χ4v) is 5.98. The molecule has 0 bridgehead atoms. The first-order valence-electron chi connectivity index (χ1n) is 6.30. The molecule has 6 heteroatoms. The summed E-state index contributed by atoms with van der Waals surface area (Å²) in [6, 6.07) is 0. The Morgan fingerprint density at radius 3 is 2.88 bits per heavy atom. The molecule has 0 aromatic heterocycles. The number of halogens is 1. The minimum absolute atomic E-state index is 0.0458. The molecule has 0 radical (unpaired) electrons. The highest BCUT2D eigenvalue weighted by Crippen LogP contribution is 2.62. The Balaban J connectivity index is 1.88. The Bertz CT molecular complexity index is 293. The van der Waals surface area contributed by atoms with Gasteiger partial charge in [0.25, 0.3) is 0 Å². The monoisotopic (exact) mass is 326 g/mol. The third kappa shape index (κ3) is 3.32. The summed E-state index contributed by atoms with van der Waals surface area (Å²) in [6.45, 7) is 3.14. The van der Waals surface area contributed by atoms with Crippen molar-refractivity contribution >= 4 is 23.3 Å². The molecule has 0 aliphatic carbocycles. The lowest BCUT2D eigenvalue weighted by Crippen LogP contribution is -2.30. The molecule has 0 N–H and O–H groups in total. The van der Waals surface area contributed by atoms with Gasteiger partial charge in [0, 0.05) is 12.8 Å². The molecule has 2 heterocycles. The van der Waals surface area contributed by atoms with Crippen LogP contribution in [0.25, 0.3) is 0 Å². The standard InChI is InChI=1S/C11H20BrO4P/c1-2-15-17(13)8-6-9(11(17)12)16-10-5-3-4-7-14-10/h9-11H,2-8H2,1H3. The molecular formula is C11H20BrO4P. The Hall–Kier alpha value is 0.590. The predicted octanol–water partition coefficient (Wildman–Crippen LogP) is 3.34. The number of hydrogen-bond donors (Lipinski definition) is 0. The summed E-state index contributed by atoms with van der Waals surface area (Å²) in [5, 5.41) is 0. The predicted molar refractivity (Wildman–Crippen MR) is 69.9 cm³/mol. The van der Waals surface area contributed by atoms with Crippen molar-refractivity contribution < 1.29 is 18.6 Å². The van der Waals surface area contributed by atoms with Crippen molar-refractivity contribution in [3.63, 3.8) is 0 Å². The average Bonchev–Trinajstić information content (AvgIpc) is 2.60. The van der Waals surface area contributed by atoms with Gasteiger partial charge in [-0.25, -0.2) is 0 Å². The molecule has 0 spiro atoms. The average molecular weight is 327 g/mol. The fourth-order valence-electron chi connectivity index (χ4n) is 2.32. The number of hydrogen-bond acceptors (Lipinski definition) is 4. The van der Waals surface area contributed by atoms with E-state index >= 15 is 0 Å². The summed E-state index contributed by atoms with van der Waals surface area (Å²) in [6.07, 6.45) is 4.42. The van der Waals surface area contributed by atoms with Gasteiger partial charge in [0.15, 0.2) is 6.29 Å². The summed E-state index contributed by atoms with van der Waals surface area (Å²) < 4.78 is 29.1. The molecule has 0 aromatic rings. The summed E-state index contributed by atoms with van der Waals surface area (Å²) in [4.78, 5) is 0. The van der Waals surface area contributed by atoms with Crippen LogP contribution in [0.15, 0.2) is 0 Å². The highest BCUT2D eigenvalue weighted by atomic mass is 79.9. The van der Waals surface area contributed by atoms with E-state index in [9.17, 15) is 4.57 Å². The Morgan fingerprint density at radius 2 is 2.24 bits per heavy atom. The lowest BCUT2D eigenvalue weighted by atomic mass is 10.2. The lowest BCUT2D eigenvalue weighted by Gasteiger charge is -2.27. The molecule has 100 valence electrons. The minimum atomic E-state index is -2.55. The van der Waals surface area contributed by atoms with Gasteiger partial charge >= 0.3 is 0 Å². The van der Waals surface area contributed by atoms with Gasteiger partial charge in [-0.3, -0.25) is 4.57 Å². The molecular weight excluding hydrogens is 307 g/mol. The van der Waals surface area contributed by atoms with Gasteiger partial charge in [-0.15, -0.1) is 0 Å². The van der Waals surface area contributed by atoms with Crippen LogP contribution < -0.4 is 0 Å². The largest absolute Gasteiger partial charge is 0.353 e. The van der Waals surface area contributed by atoms with E-state index in [0.717, 1.165) is 32.3 Å². The van der Waals surface area contributed by atoms with Gasteiger partial charge in [0.2, 0.25) is 7.37 Å². The van der Waals surface area contributed by atoms with Gasteiger partial charge in [0.05, 0.1) is 12.7 Å². The third-order valence-corrected chi connectivity index (χ3v) is 8.34. The Morgan fingerprint density at radius 1 is 1.41 bits per heavy atom. The zero-order valence-electron chi connectivity index (χ0n) is 10.1. The van der Waals surface area contributed by atoms with Crippen LogP contribution in [0.2, 0.25) is 0 Å². The van der Waals surface area contributed by atoms with E-state index in [-0.39, 0.29) is 17.0 Å². The van der Waals surface area contributed by atoms with E-state index in [1.165, 1.54) is 0 Å². The molecule has 4 unspecified atom stereocenters. The zero-order chi connectivity index (χ0) is 12.3. The maximum absolute atomic E-state index is 12.4. The number of rotatable bonds is 4. The zero-order valence-corrected chi connectivity index (χ0v) is 12.6. The summed E-state index contributed by atoms with van der Waals surface area (Å²) in [7, 11) is -2.55. The fraction of sp³-hybridized carbons (Fsp3) is 1.00. The number of alkyl halides is 1. The van der Waals surface area contributed by atoms with E-state index in [4.69, 9.17) is 14.0 Å². The normalized spacial score (nSPS) is 42.8. The second kappa shape index (κ2) is 6.16. The summed E-state index contributed by atoms with van der Waals surface area (Å²) in [5.41, 5.74) is 0. The first-order chi connectivity index (χ1) is 8.15. The first kappa shape index (κ1) is 14.0. The number of ether oxygens (including phenoxy) is 2. The van der Waals surface area contributed by atoms with E-state index in [2.05, 4.69) is 15.9 Å². The van der Waals surface area contributed by atoms with Crippen molar-refractivity contribution in [3.05, 3.63) is 0 Å². The molecule has 2 fully saturated rings. The maximum Gasteiger partial charge on any atom is 0.219 e. The van der Waals surface area contributed by atoms with E-state index in [1.807, 2.05) is 6.92 Å². The van der Waals surface area contributed by atoms with Crippen molar-refractivity contribution in [1.82, 2.24) is 0 Å². The van der Waals surface area contributed by atoms with Crippen molar-refractivity contribution in [2.24, 2.45) is 0 Å². The van der Waals surface area contributed by atoms with Crippen LogP contribution in [0.4, 0.5) is 0 Å². The topological polar surface area (TPSA) is 44.8 Å². The first-order valence-corrected chi connectivity index (χ1v) is 9.09. The van der Waals surface area contributed by atoms with Crippen LogP contribution in [0.5, 0.6) is 0 Å². The van der Waals surface area contributed by atoms with Gasteiger partial charge in [-0.2, -0.15) is 0 Å². The molecule has 0 amide bonds. The SMILES string of the molecule is CCOP1(=O)CCC(OC2CCCCO2)C1Br. The minimum Gasteiger partial charge on any atom is -0.353 e. The highest BCUT2D eigenvalue weighted by Gasteiger charge is 2.46. The van der Waals surface area contributed by atoms with Crippen LogP contribution in [0.1, 0.15) is 32.6 Å². The molecule has 0 saturated carbocycles. The third-order valence-electron chi connectivity index (χ3n) is 3.22. The highest BCUT2D eigenvalue weighted by molar-refractivity contribution is 9.10. The molecule has 2 aliphatic heterocycles. The molecule has 4 nitrogen and oxygen atoms in total. The van der Waals surface area contributed by atoms with Gasteiger partial charge in [-0.05, 0) is 32.6 Å². The molecule has 17 heavy (non-hydrogen) atoms. The quantitative estimate of drug-likeness (QED) is 0.587. The van der Waals surface area contributed by atoms with Crippen LogP contribution >= 0.6 is 23.3 Å². The van der Waals surface area contributed by atoms with Crippen molar-refractivity contribution in [1.29, 1.82) is 0 Å². The van der Waals surface area contributed by atoms with Crippen LogP contribution in [-0.2, 0) is 18.6 Å². The van der Waals surface area contributed by atoms with E-state index in [1.54, 1.807) is 0 Å². The molecule has 0 aromatic carbocycles. The van der Waals surface area contributed by atoms with E-state index < -0.39 is 7.37 Å². The lowest BCUT2D eigenvalue weighted by molar-refractivity contribution is -0.183. The molecule has 2 rings (SSSR count). The molecule has 2 saturated heterocycles. The van der Waals surface area contributed by atoms with Crippen molar-refractivity contribution in [2.75, 3.05) is 19.4 Å². The van der Waals surface area contributed by atoms with Crippen LogP contribution in [0.3, 0.4) is 0 Å².